The molecule has 1 aliphatic heterocycles. The predicted molar refractivity (Wildman–Crippen MR) is 57.0 cm³/mol. The number of nitrogens with one attached hydrogen (secondary N) is 2. The Kier molecular flexibility index (Phi) is 2.14. The molecule has 0 saturated heterocycles. The molecule has 0 radical (unpaired) electrons. The minimum atomic E-state index is -0.271. The average Bonchev–Trinajstić information content (AvgIpc) is 2.27. The summed E-state index contributed by atoms with van der Waals surface area (Å²) in [6.07, 6.45) is 0. The van der Waals surface area contributed by atoms with Crippen LogP contribution in [0.5, 0.6) is 0 Å². The van der Waals surface area contributed by atoms with Crippen LogP contribution in [0.15, 0.2) is 35.5 Å². The number of fused-ring (bicyclic) bond motifs is 1. The van der Waals surface area contributed by atoms with Crippen LogP contribution in [0, 0.1) is 11.3 Å². The maximum atomic E-state index is 11.6. The largest absolute Gasteiger partial charge is 0.349 e. The lowest BCUT2D eigenvalue weighted by molar-refractivity contribution is -0.112. The molecule has 4 nitrogen and oxygen atoms in total. The first kappa shape index (κ1) is 9.28. The Morgan fingerprint density at radius 3 is 2.47 bits per heavy atom. The minimum Gasteiger partial charge on any atom is -0.349 e. The van der Waals surface area contributed by atoms with Crippen LogP contribution in [0.25, 0.3) is 0 Å². The van der Waals surface area contributed by atoms with Gasteiger partial charge >= 0.3 is 0 Å². The van der Waals surface area contributed by atoms with Crippen molar-refractivity contribution in [3.63, 3.8) is 0 Å². The summed E-state index contributed by atoms with van der Waals surface area (Å²) in [5, 5.41) is 14.4. The van der Waals surface area contributed by atoms with Gasteiger partial charge in [-0.05, 0) is 19.1 Å². The van der Waals surface area contributed by atoms with Gasteiger partial charge in [0.2, 0.25) is 0 Å². The van der Waals surface area contributed by atoms with Crippen molar-refractivity contribution < 1.29 is 4.79 Å². The molecule has 0 fully saturated rings. The van der Waals surface area contributed by atoms with Gasteiger partial charge in [0, 0.05) is 0 Å². The van der Waals surface area contributed by atoms with Gasteiger partial charge in [0.15, 0.2) is 0 Å². The second kappa shape index (κ2) is 3.46. The molecule has 0 unspecified atom stereocenters. The fourth-order valence-corrected chi connectivity index (χ4v) is 1.40. The lowest BCUT2D eigenvalue weighted by Gasteiger charge is -2.21. The topological polar surface area (TPSA) is 64.9 Å². The summed E-state index contributed by atoms with van der Waals surface area (Å²) < 4.78 is 0. The van der Waals surface area contributed by atoms with Crippen molar-refractivity contribution in [1.29, 1.82) is 5.26 Å². The standard InChI is InChI=1S/C11H9N3O/c1-7(6-12)10-11(15)14-9-5-3-2-4-8(9)13-10/h2-5,13H,1H3,(H,14,15)/b10-7-. The van der Waals surface area contributed by atoms with E-state index in [1.54, 1.807) is 13.0 Å². The third-order valence-electron chi connectivity index (χ3n) is 2.20. The van der Waals surface area contributed by atoms with Gasteiger partial charge in [0.05, 0.1) is 23.0 Å². The molecule has 2 rings (SSSR count). The van der Waals surface area contributed by atoms with E-state index in [2.05, 4.69) is 10.6 Å². The molecular weight excluding hydrogens is 190 g/mol. The SMILES string of the molecule is C/C(C#N)=C1/Nc2ccccc2NC1=O. The second-order valence-electron chi connectivity index (χ2n) is 3.24. The Balaban J connectivity index is 2.48. The van der Waals surface area contributed by atoms with Crippen LogP contribution in [0.2, 0.25) is 0 Å². The second-order valence-corrected chi connectivity index (χ2v) is 3.24. The molecule has 0 aliphatic carbocycles. The summed E-state index contributed by atoms with van der Waals surface area (Å²) in [7, 11) is 0. The first-order valence-corrected chi connectivity index (χ1v) is 4.51. The summed E-state index contributed by atoms with van der Waals surface area (Å²) in [5.41, 5.74) is 2.23. The summed E-state index contributed by atoms with van der Waals surface area (Å²) >= 11 is 0. The van der Waals surface area contributed by atoms with Crippen molar-refractivity contribution in [3.05, 3.63) is 35.5 Å². The Morgan fingerprint density at radius 1 is 1.27 bits per heavy atom. The molecule has 1 aliphatic rings. The number of nitrogens with zero attached hydrogens (tertiary/aromatic N) is 1. The van der Waals surface area contributed by atoms with E-state index >= 15 is 0 Å². The average molecular weight is 199 g/mol. The fraction of sp³-hybridized carbons (Fsp3) is 0.0909. The molecule has 1 heterocycles. The van der Waals surface area contributed by atoms with Gasteiger partial charge < -0.3 is 10.6 Å². The Hall–Kier alpha value is -2.28. The minimum absolute atomic E-state index is 0.271. The molecule has 1 amide bonds. The maximum Gasteiger partial charge on any atom is 0.273 e. The highest BCUT2D eigenvalue weighted by Crippen LogP contribution is 2.27. The molecule has 1 aromatic carbocycles. The monoisotopic (exact) mass is 199 g/mol. The molecule has 0 aromatic heterocycles. The van der Waals surface area contributed by atoms with E-state index in [9.17, 15) is 4.79 Å². The zero-order valence-electron chi connectivity index (χ0n) is 8.16. The van der Waals surface area contributed by atoms with Crippen molar-refractivity contribution >= 4 is 17.3 Å². The third-order valence-corrected chi connectivity index (χ3v) is 2.20. The van der Waals surface area contributed by atoms with Gasteiger partial charge in [-0.1, -0.05) is 12.1 Å². The van der Waals surface area contributed by atoms with Crippen LogP contribution in [0.3, 0.4) is 0 Å². The van der Waals surface area contributed by atoms with Crippen molar-refractivity contribution in [2.75, 3.05) is 10.6 Å². The summed E-state index contributed by atoms with van der Waals surface area (Å²) in [6, 6.07) is 9.31. The molecule has 0 spiro atoms. The van der Waals surface area contributed by atoms with E-state index in [0.717, 1.165) is 11.4 Å². The number of allylic oxidation sites excluding steroid dienone is 1. The van der Waals surface area contributed by atoms with E-state index in [1.807, 2.05) is 24.3 Å². The van der Waals surface area contributed by atoms with Crippen LogP contribution in [0.4, 0.5) is 11.4 Å². The smallest absolute Gasteiger partial charge is 0.273 e. The van der Waals surface area contributed by atoms with E-state index in [1.165, 1.54) is 0 Å². The Bertz CT molecular complexity index is 497. The zero-order chi connectivity index (χ0) is 10.8. The highest BCUT2D eigenvalue weighted by Gasteiger charge is 2.20. The van der Waals surface area contributed by atoms with Gasteiger partial charge in [-0.15, -0.1) is 0 Å². The maximum absolute atomic E-state index is 11.6. The zero-order valence-corrected chi connectivity index (χ0v) is 8.16. The van der Waals surface area contributed by atoms with Crippen LogP contribution in [-0.2, 0) is 4.79 Å². The number of nitriles is 1. The number of rotatable bonds is 0. The van der Waals surface area contributed by atoms with E-state index < -0.39 is 0 Å². The number of amides is 1. The van der Waals surface area contributed by atoms with E-state index in [-0.39, 0.29) is 5.91 Å². The quantitative estimate of drug-likeness (QED) is 0.495. The molecule has 15 heavy (non-hydrogen) atoms. The van der Waals surface area contributed by atoms with Gasteiger partial charge in [0.25, 0.3) is 5.91 Å². The molecule has 1 aromatic rings. The summed E-state index contributed by atoms with van der Waals surface area (Å²) in [6.45, 7) is 1.61. The van der Waals surface area contributed by atoms with Crippen LogP contribution in [0.1, 0.15) is 6.92 Å². The van der Waals surface area contributed by atoms with Crippen LogP contribution >= 0.6 is 0 Å². The summed E-state index contributed by atoms with van der Waals surface area (Å²) in [5.74, 6) is -0.271. The van der Waals surface area contributed by atoms with Gasteiger partial charge in [-0.2, -0.15) is 5.26 Å². The number of carbonyl (C=O) groups is 1. The normalized spacial score (nSPS) is 16.9. The molecule has 0 bridgehead atoms. The number of benzene rings is 1. The highest BCUT2D eigenvalue weighted by atomic mass is 16.2. The first-order valence-electron chi connectivity index (χ1n) is 4.51. The fourth-order valence-electron chi connectivity index (χ4n) is 1.40. The van der Waals surface area contributed by atoms with E-state index in [0.29, 0.717) is 11.3 Å². The number of anilines is 2. The lowest BCUT2D eigenvalue weighted by atomic mass is 10.1. The molecule has 74 valence electrons. The molecule has 2 N–H and O–H groups in total. The molecule has 0 atom stereocenters. The lowest BCUT2D eigenvalue weighted by Crippen LogP contribution is -2.26. The number of hydrogen-bond acceptors (Lipinski definition) is 3. The summed E-state index contributed by atoms with van der Waals surface area (Å²) in [4.78, 5) is 11.6. The predicted octanol–water partition coefficient (Wildman–Crippen LogP) is 1.85. The van der Waals surface area contributed by atoms with Gasteiger partial charge in [-0.3, -0.25) is 4.79 Å². The van der Waals surface area contributed by atoms with Crippen molar-refractivity contribution in [2.45, 2.75) is 6.92 Å². The van der Waals surface area contributed by atoms with Crippen molar-refractivity contribution in [3.8, 4) is 6.07 Å². The van der Waals surface area contributed by atoms with Gasteiger partial charge in [-0.25, -0.2) is 0 Å². The van der Waals surface area contributed by atoms with Gasteiger partial charge in [0.1, 0.15) is 5.70 Å². The number of hydrogen-bond donors (Lipinski definition) is 2. The number of para-hydroxylation sites is 2. The Labute approximate surface area is 87.2 Å². The molecular formula is C11H9N3O. The molecule has 0 saturated carbocycles. The van der Waals surface area contributed by atoms with Crippen LogP contribution in [-0.4, -0.2) is 5.91 Å². The van der Waals surface area contributed by atoms with Crippen molar-refractivity contribution in [2.24, 2.45) is 0 Å². The third kappa shape index (κ3) is 1.55. The van der Waals surface area contributed by atoms with Crippen LogP contribution < -0.4 is 10.6 Å². The van der Waals surface area contributed by atoms with E-state index in [4.69, 9.17) is 5.26 Å². The Morgan fingerprint density at radius 2 is 1.87 bits per heavy atom. The first-order chi connectivity index (χ1) is 7.22. The number of carbonyl (C=O) groups excluding carboxylic acids is 1. The van der Waals surface area contributed by atoms with Crippen molar-refractivity contribution in [1.82, 2.24) is 0 Å². The molecule has 4 heteroatoms. The highest BCUT2D eigenvalue weighted by molar-refractivity contribution is 6.11.